The number of amides is 1. The number of carbonyl (C=O) groups is 1. The zero-order chi connectivity index (χ0) is 22.9. The maximum Gasteiger partial charge on any atom is 0.277 e. The quantitative estimate of drug-likeness (QED) is 0.304. The van der Waals surface area contributed by atoms with Gasteiger partial charge in [-0.2, -0.15) is 0 Å². The van der Waals surface area contributed by atoms with Crippen molar-refractivity contribution in [2.24, 2.45) is 0 Å². The minimum atomic E-state index is -0.416. The fraction of sp³-hybridized carbons (Fsp3) is 0.348. The van der Waals surface area contributed by atoms with Crippen molar-refractivity contribution in [2.75, 3.05) is 17.2 Å². The van der Waals surface area contributed by atoms with Gasteiger partial charge in [-0.25, -0.2) is 0 Å². The number of fused-ring (bicyclic) bond motifs is 1. The number of nitro groups is 1. The molecular weight excluding hydrogens is 428 g/mol. The van der Waals surface area contributed by atoms with Crippen LogP contribution in [-0.4, -0.2) is 33.3 Å². The molecule has 1 aliphatic heterocycles. The molecule has 166 valence electrons. The molecule has 9 heteroatoms. The second-order valence-electron chi connectivity index (χ2n) is 8.71. The first kappa shape index (κ1) is 22.0. The van der Waals surface area contributed by atoms with Crippen LogP contribution in [0.4, 0.5) is 11.4 Å². The molecule has 0 bridgehead atoms. The van der Waals surface area contributed by atoms with Crippen molar-refractivity contribution in [2.45, 2.75) is 44.3 Å². The van der Waals surface area contributed by atoms with E-state index in [-0.39, 0.29) is 22.8 Å². The Kier molecular flexibility index (Phi) is 6.01. The number of hydrogen-bond donors (Lipinski definition) is 0. The Morgan fingerprint density at radius 3 is 2.62 bits per heavy atom. The topological polar surface area (TPSA) is 102 Å². The largest absolute Gasteiger partial charge is 0.411 e. The highest BCUT2D eigenvalue weighted by atomic mass is 32.2. The molecule has 0 unspecified atom stereocenters. The molecule has 2 aromatic carbocycles. The molecule has 0 saturated heterocycles. The minimum Gasteiger partial charge on any atom is -0.411 e. The molecule has 3 aromatic rings. The van der Waals surface area contributed by atoms with Crippen molar-refractivity contribution in [1.29, 1.82) is 0 Å². The fourth-order valence-corrected chi connectivity index (χ4v) is 4.29. The predicted molar refractivity (Wildman–Crippen MR) is 123 cm³/mol. The fourth-order valence-electron chi connectivity index (χ4n) is 3.66. The van der Waals surface area contributed by atoms with Crippen LogP contribution >= 0.6 is 11.8 Å². The molecule has 4 rings (SSSR count). The van der Waals surface area contributed by atoms with E-state index in [1.54, 1.807) is 17.0 Å². The second-order valence-corrected chi connectivity index (χ2v) is 9.63. The van der Waals surface area contributed by atoms with Gasteiger partial charge in [0.1, 0.15) is 0 Å². The van der Waals surface area contributed by atoms with Gasteiger partial charge in [0.15, 0.2) is 0 Å². The van der Waals surface area contributed by atoms with Crippen LogP contribution in [0.25, 0.3) is 11.5 Å². The Bertz CT molecular complexity index is 1150. The monoisotopic (exact) mass is 452 g/mol. The molecular formula is C23H24N4O4S. The van der Waals surface area contributed by atoms with Gasteiger partial charge in [0.25, 0.3) is 10.9 Å². The highest BCUT2D eigenvalue weighted by Gasteiger charge is 2.25. The van der Waals surface area contributed by atoms with Gasteiger partial charge in [-0.1, -0.05) is 44.7 Å². The Balaban J connectivity index is 1.42. The standard InChI is InChI=1S/C23H24N4O4S/c1-23(2,3)17-8-6-15(7-9-17)21-24-25-22(31-21)32-14-20(28)26-12-4-5-16-13-18(27(29)30)10-11-19(16)26/h6-11,13H,4-5,12,14H2,1-3H3. The molecule has 2 heterocycles. The molecule has 1 amide bonds. The first-order valence-corrected chi connectivity index (χ1v) is 11.4. The summed E-state index contributed by atoms with van der Waals surface area (Å²) < 4.78 is 5.74. The van der Waals surface area contributed by atoms with Gasteiger partial charge >= 0.3 is 0 Å². The van der Waals surface area contributed by atoms with Crippen molar-refractivity contribution in [3.05, 3.63) is 63.7 Å². The van der Waals surface area contributed by atoms with Crippen LogP contribution in [0.2, 0.25) is 0 Å². The minimum absolute atomic E-state index is 0.0429. The van der Waals surface area contributed by atoms with E-state index in [0.29, 0.717) is 17.7 Å². The number of aromatic nitrogens is 2. The van der Waals surface area contributed by atoms with Crippen LogP contribution in [0.5, 0.6) is 0 Å². The van der Waals surface area contributed by atoms with E-state index in [9.17, 15) is 14.9 Å². The van der Waals surface area contributed by atoms with Gasteiger partial charge in [-0.15, -0.1) is 10.2 Å². The van der Waals surface area contributed by atoms with Gasteiger partial charge in [-0.3, -0.25) is 14.9 Å². The van der Waals surface area contributed by atoms with E-state index in [1.807, 2.05) is 24.3 Å². The molecule has 8 nitrogen and oxygen atoms in total. The lowest BCUT2D eigenvalue weighted by atomic mass is 9.87. The number of benzene rings is 2. The number of aryl methyl sites for hydroxylation is 1. The summed E-state index contributed by atoms with van der Waals surface area (Å²) >= 11 is 1.19. The third kappa shape index (κ3) is 4.67. The van der Waals surface area contributed by atoms with Crippen molar-refractivity contribution in [1.82, 2.24) is 10.2 Å². The van der Waals surface area contributed by atoms with E-state index >= 15 is 0 Å². The average molecular weight is 453 g/mol. The summed E-state index contributed by atoms with van der Waals surface area (Å²) in [5.74, 6) is 0.455. The maximum atomic E-state index is 12.8. The third-order valence-corrected chi connectivity index (χ3v) is 6.22. The zero-order valence-corrected chi connectivity index (χ0v) is 19.0. The molecule has 0 N–H and O–H groups in total. The van der Waals surface area contributed by atoms with E-state index in [2.05, 4.69) is 31.0 Å². The van der Waals surface area contributed by atoms with Crippen molar-refractivity contribution < 1.29 is 14.1 Å². The summed E-state index contributed by atoms with van der Waals surface area (Å²) in [5, 5.41) is 19.5. The summed E-state index contributed by atoms with van der Waals surface area (Å²) in [6.45, 7) is 7.05. The zero-order valence-electron chi connectivity index (χ0n) is 18.2. The Labute approximate surface area is 190 Å². The van der Waals surface area contributed by atoms with Gasteiger partial charge in [0, 0.05) is 29.9 Å². The highest BCUT2D eigenvalue weighted by molar-refractivity contribution is 7.99. The molecule has 0 radical (unpaired) electrons. The van der Waals surface area contributed by atoms with Crippen molar-refractivity contribution >= 4 is 29.0 Å². The summed E-state index contributed by atoms with van der Waals surface area (Å²) in [5.41, 5.74) is 3.71. The van der Waals surface area contributed by atoms with Gasteiger partial charge in [0.2, 0.25) is 11.8 Å². The van der Waals surface area contributed by atoms with Crippen LogP contribution in [0, 0.1) is 10.1 Å². The van der Waals surface area contributed by atoms with Crippen molar-refractivity contribution in [3.8, 4) is 11.5 Å². The SMILES string of the molecule is CC(C)(C)c1ccc(-c2nnc(SCC(=O)N3CCCc4cc([N+](=O)[O-])ccc43)o2)cc1. The summed E-state index contributed by atoms with van der Waals surface area (Å²) in [6, 6.07) is 12.7. The Morgan fingerprint density at radius 2 is 1.94 bits per heavy atom. The van der Waals surface area contributed by atoms with Crippen LogP contribution in [0.3, 0.4) is 0 Å². The first-order valence-electron chi connectivity index (χ1n) is 10.4. The molecule has 32 heavy (non-hydrogen) atoms. The lowest BCUT2D eigenvalue weighted by Crippen LogP contribution is -2.36. The van der Waals surface area contributed by atoms with Gasteiger partial charge in [-0.05, 0) is 47.6 Å². The average Bonchev–Trinajstić information content (AvgIpc) is 3.25. The normalized spacial score (nSPS) is 13.7. The van der Waals surface area contributed by atoms with Crippen LogP contribution in [-0.2, 0) is 16.6 Å². The maximum absolute atomic E-state index is 12.8. The van der Waals surface area contributed by atoms with Gasteiger partial charge < -0.3 is 9.32 Å². The number of anilines is 1. The lowest BCUT2D eigenvalue weighted by molar-refractivity contribution is -0.384. The molecule has 1 aromatic heterocycles. The number of thioether (sulfide) groups is 1. The first-order chi connectivity index (χ1) is 15.2. The Morgan fingerprint density at radius 1 is 1.19 bits per heavy atom. The van der Waals surface area contributed by atoms with Gasteiger partial charge in [0.05, 0.1) is 10.7 Å². The van der Waals surface area contributed by atoms with E-state index < -0.39 is 4.92 Å². The number of carbonyl (C=O) groups excluding carboxylic acids is 1. The van der Waals surface area contributed by atoms with Crippen LogP contribution < -0.4 is 4.90 Å². The van der Waals surface area contributed by atoms with E-state index in [4.69, 9.17) is 4.42 Å². The number of rotatable bonds is 5. The Hall–Kier alpha value is -3.20. The molecule has 0 saturated carbocycles. The predicted octanol–water partition coefficient (Wildman–Crippen LogP) is 5.01. The third-order valence-electron chi connectivity index (χ3n) is 5.42. The van der Waals surface area contributed by atoms with E-state index in [0.717, 1.165) is 29.7 Å². The number of nitrogens with zero attached hydrogens (tertiary/aromatic N) is 4. The van der Waals surface area contributed by atoms with Crippen LogP contribution in [0.1, 0.15) is 38.3 Å². The van der Waals surface area contributed by atoms with E-state index in [1.165, 1.54) is 23.4 Å². The van der Waals surface area contributed by atoms with Crippen molar-refractivity contribution in [3.63, 3.8) is 0 Å². The molecule has 1 aliphatic rings. The summed E-state index contributed by atoms with van der Waals surface area (Å²) in [6.07, 6.45) is 1.48. The molecule has 0 fully saturated rings. The number of non-ortho nitro benzene ring substituents is 1. The summed E-state index contributed by atoms with van der Waals surface area (Å²) in [7, 11) is 0. The number of nitro benzene ring substituents is 1. The smallest absolute Gasteiger partial charge is 0.277 e. The molecule has 0 atom stereocenters. The lowest BCUT2D eigenvalue weighted by Gasteiger charge is -2.29. The van der Waals surface area contributed by atoms with Crippen LogP contribution in [0.15, 0.2) is 52.1 Å². The highest BCUT2D eigenvalue weighted by Crippen LogP contribution is 2.32. The molecule has 0 aliphatic carbocycles. The molecule has 0 spiro atoms. The second kappa shape index (κ2) is 8.74. The summed E-state index contributed by atoms with van der Waals surface area (Å²) in [4.78, 5) is 25.1. The number of hydrogen-bond acceptors (Lipinski definition) is 7.